The molecule has 1 aliphatic carbocycles. The standard InChI is InChI=1S/C30H33N3O4/c1-29(2)14-15-30(3,4)25-16-21(10-13-24(25)29)26(32-33-31)19-36-22-11-12-23(27(34)17-22)28(35)37-18-20-8-6-5-7-9-20/h5-13,16-17,26,34H,14-15,18-19H2,1-4H3. The van der Waals surface area contributed by atoms with Crippen LogP contribution in [-0.4, -0.2) is 17.7 Å². The number of azide groups is 1. The number of esters is 1. The van der Waals surface area contributed by atoms with Crippen LogP contribution in [0.4, 0.5) is 0 Å². The Morgan fingerprint density at radius 2 is 1.70 bits per heavy atom. The van der Waals surface area contributed by atoms with E-state index in [1.807, 2.05) is 36.4 Å². The first-order valence-corrected chi connectivity index (χ1v) is 12.5. The maximum absolute atomic E-state index is 12.4. The van der Waals surface area contributed by atoms with Crippen molar-refractivity contribution in [3.05, 3.63) is 105 Å². The molecule has 0 saturated heterocycles. The number of benzene rings is 3. The highest BCUT2D eigenvalue weighted by Gasteiger charge is 2.37. The predicted octanol–water partition coefficient (Wildman–Crippen LogP) is 7.53. The Balaban J connectivity index is 1.47. The molecule has 7 nitrogen and oxygen atoms in total. The first-order valence-electron chi connectivity index (χ1n) is 12.5. The number of aromatic hydroxyl groups is 1. The molecule has 7 heteroatoms. The van der Waals surface area contributed by atoms with Crippen LogP contribution in [-0.2, 0) is 22.2 Å². The number of rotatable bonds is 8. The van der Waals surface area contributed by atoms with Crippen molar-refractivity contribution in [3.63, 3.8) is 0 Å². The van der Waals surface area contributed by atoms with Crippen molar-refractivity contribution in [2.45, 2.75) is 64.0 Å². The topological polar surface area (TPSA) is 105 Å². The van der Waals surface area contributed by atoms with Gasteiger partial charge >= 0.3 is 5.97 Å². The Morgan fingerprint density at radius 3 is 2.38 bits per heavy atom. The van der Waals surface area contributed by atoms with Gasteiger partial charge in [0.15, 0.2) is 0 Å². The molecular formula is C30H33N3O4. The van der Waals surface area contributed by atoms with Gasteiger partial charge in [0.1, 0.15) is 30.3 Å². The van der Waals surface area contributed by atoms with Gasteiger partial charge in [-0.1, -0.05) is 81.3 Å². The zero-order valence-corrected chi connectivity index (χ0v) is 21.8. The van der Waals surface area contributed by atoms with Gasteiger partial charge in [0.2, 0.25) is 0 Å². The summed E-state index contributed by atoms with van der Waals surface area (Å²) in [4.78, 5) is 15.5. The quantitative estimate of drug-likeness (QED) is 0.150. The van der Waals surface area contributed by atoms with E-state index in [-0.39, 0.29) is 35.4 Å². The molecule has 0 radical (unpaired) electrons. The lowest BCUT2D eigenvalue weighted by molar-refractivity contribution is 0.0469. The number of hydrogen-bond acceptors (Lipinski definition) is 5. The largest absolute Gasteiger partial charge is 0.507 e. The fraction of sp³-hybridized carbons (Fsp3) is 0.367. The second kappa shape index (κ2) is 10.6. The highest BCUT2D eigenvalue weighted by molar-refractivity contribution is 5.92. The third kappa shape index (κ3) is 5.89. The highest BCUT2D eigenvalue weighted by Crippen LogP contribution is 2.46. The Hall–Kier alpha value is -3.96. The normalized spacial score (nSPS) is 16.1. The van der Waals surface area contributed by atoms with E-state index in [1.165, 1.54) is 23.3 Å². The minimum absolute atomic E-state index is 0.0272. The fourth-order valence-electron chi connectivity index (χ4n) is 4.82. The summed E-state index contributed by atoms with van der Waals surface area (Å²) in [6.45, 7) is 9.23. The van der Waals surface area contributed by atoms with E-state index >= 15 is 0 Å². The van der Waals surface area contributed by atoms with Gasteiger partial charge in [-0.25, -0.2) is 4.79 Å². The summed E-state index contributed by atoms with van der Waals surface area (Å²) in [5.74, 6) is -0.511. The molecule has 1 N–H and O–H groups in total. The molecule has 1 atom stereocenters. The van der Waals surface area contributed by atoms with Crippen LogP contribution in [0.5, 0.6) is 11.5 Å². The molecule has 3 aromatic rings. The smallest absolute Gasteiger partial charge is 0.342 e. The van der Waals surface area contributed by atoms with Gasteiger partial charge in [-0.15, -0.1) is 0 Å². The van der Waals surface area contributed by atoms with Gasteiger partial charge < -0.3 is 14.6 Å². The lowest BCUT2D eigenvalue weighted by Crippen LogP contribution is -2.34. The van der Waals surface area contributed by atoms with E-state index in [9.17, 15) is 15.4 Å². The fourth-order valence-corrected chi connectivity index (χ4v) is 4.82. The van der Waals surface area contributed by atoms with Crippen molar-refractivity contribution in [3.8, 4) is 11.5 Å². The molecule has 0 aromatic heterocycles. The molecule has 0 saturated carbocycles. The maximum atomic E-state index is 12.4. The van der Waals surface area contributed by atoms with Crippen molar-refractivity contribution in [2.75, 3.05) is 6.61 Å². The SMILES string of the molecule is CC1(C)CCC(C)(C)c2cc(C(COc3ccc(C(=O)OCc4ccccc4)c(O)c3)N=[N+]=[N-])ccc21. The van der Waals surface area contributed by atoms with E-state index in [0.717, 1.165) is 24.0 Å². The molecule has 4 rings (SSSR count). The minimum atomic E-state index is -0.626. The number of nitrogens with zero attached hydrogens (tertiary/aromatic N) is 3. The summed E-state index contributed by atoms with van der Waals surface area (Å²) in [5.41, 5.74) is 13.7. The summed E-state index contributed by atoms with van der Waals surface area (Å²) in [5, 5.41) is 14.4. The second-order valence-electron chi connectivity index (χ2n) is 10.8. The Morgan fingerprint density at radius 1 is 1.00 bits per heavy atom. The summed E-state index contributed by atoms with van der Waals surface area (Å²) >= 11 is 0. The molecule has 0 aliphatic heterocycles. The molecule has 3 aromatic carbocycles. The number of ether oxygens (including phenoxy) is 2. The summed E-state index contributed by atoms with van der Waals surface area (Å²) in [6, 6.07) is 19.5. The van der Waals surface area contributed by atoms with Crippen LogP contribution in [0.15, 0.2) is 71.8 Å². The lowest BCUT2D eigenvalue weighted by atomic mass is 9.63. The molecule has 0 amide bonds. The van der Waals surface area contributed by atoms with Crippen molar-refractivity contribution < 1.29 is 19.4 Å². The van der Waals surface area contributed by atoms with Crippen LogP contribution >= 0.6 is 0 Å². The second-order valence-corrected chi connectivity index (χ2v) is 10.8. The molecule has 37 heavy (non-hydrogen) atoms. The molecule has 0 spiro atoms. The van der Waals surface area contributed by atoms with Crippen LogP contribution in [0.25, 0.3) is 10.4 Å². The Kier molecular flexibility index (Phi) is 7.46. The lowest BCUT2D eigenvalue weighted by Gasteiger charge is -2.42. The van der Waals surface area contributed by atoms with Gasteiger partial charge in [-0.3, -0.25) is 0 Å². The van der Waals surface area contributed by atoms with Gasteiger partial charge in [0.25, 0.3) is 0 Å². The number of phenolic OH excluding ortho intramolecular Hbond substituents is 1. The minimum Gasteiger partial charge on any atom is -0.507 e. The molecule has 1 unspecified atom stereocenters. The zero-order valence-electron chi connectivity index (χ0n) is 21.8. The van der Waals surface area contributed by atoms with Crippen molar-refractivity contribution in [1.29, 1.82) is 0 Å². The molecule has 0 heterocycles. The van der Waals surface area contributed by atoms with Gasteiger partial charge in [0, 0.05) is 11.0 Å². The monoisotopic (exact) mass is 499 g/mol. The first-order chi connectivity index (χ1) is 17.6. The van der Waals surface area contributed by atoms with E-state index in [1.54, 1.807) is 6.07 Å². The van der Waals surface area contributed by atoms with Crippen LogP contribution < -0.4 is 4.74 Å². The Bertz CT molecular complexity index is 1330. The van der Waals surface area contributed by atoms with Gasteiger partial charge in [-0.2, -0.15) is 0 Å². The number of fused-ring (bicyclic) bond motifs is 1. The molecule has 192 valence electrons. The third-order valence-electron chi connectivity index (χ3n) is 7.26. The molecule has 1 aliphatic rings. The maximum Gasteiger partial charge on any atom is 0.342 e. The van der Waals surface area contributed by atoms with Crippen molar-refractivity contribution >= 4 is 5.97 Å². The summed E-state index contributed by atoms with van der Waals surface area (Å²) in [7, 11) is 0. The highest BCUT2D eigenvalue weighted by atomic mass is 16.5. The average Bonchev–Trinajstić information content (AvgIpc) is 2.88. The molecular weight excluding hydrogens is 466 g/mol. The number of hydrogen-bond donors (Lipinski definition) is 1. The van der Waals surface area contributed by atoms with Crippen LogP contribution in [0.2, 0.25) is 0 Å². The molecule has 0 fully saturated rings. The summed E-state index contributed by atoms with van der Waals surface area (Å²) < 4.78 is 11.2. The molecule has 0 bridgehead atoms. The van der Waals surface area contributed by atoms with E-state index in [0.29, 0.717) is 5.75 Å². The van der Waals surface area contributed by atoms with Crippen LogP contribution in [0.3, 0.4) is 0 Å². The van der Waals surface area contributed by atoms with E-state index < -0.39 is 12.0 Å². The van der Waals surface area contributed by atoms with Crippen molar-refractivity contribution in [2.24, 2.45) is 5.11 Å². The number of carbonyl (C=O) groups excluding carboxylic acids is 1. The zero-order chi connectivity index (χ0) is 26.6. The predicted molar refractivity (Wildman–Crippen MR) is 143 cm³/mol. The van der Waals surface area contributed by atoms with E-state index in [4.69, 9.17) is 9.47 Å². The van der Waals surface area contributed by atoms with Crippen molar-refractivity contribution in [1.82, 2.24) is 0 Å². The van der Waals surface area contributed by atoms with Crippen LogP contribution in [0, 0.1) is 0 Å². The number of carbonyl (C=O) groups is 1. The average molecular weight is 500 g/mol. The van der Waals surface area contributed by atoms with Crippen LogP contribution in [0.1, 0.15) is 79.2 Å². The van der Waals surface area contributed by atoms with E-state index in [2.05, 4.69) is 49.9 Å². The summed E-state index contributed by atoms with van der Waals surface area (Å²) in [6.07, 6.45) is 2.20. The Labute approximate surface area is 217 Å². The van der Waals surface area contributed by atoms with Gasteiger partial charge in [0.05, 0.1) is 6.04 Å². The number of phenols is 1. The third-order valence-corrected chi connectivity index (χ3v) is 7.26. The van der Waals surface area contributed by atoms with Gasteiger partial charge in [-0.05, 0) is 63.6 Å². The first kappa shape index (κ1) is 26.1.